The fourth-order valence-electron chi connectivity index (χ4n) is 4.86. The Labute approximate surface area is 200 Å². The Morgan fingerprint density at radius 1 is 0.839 bits per heavy atom. The number of ether oxygens (including phenoxy) is 1. The van der Waals surface area contributed by atoms with E-state index in [0.717, 1.165) is 5.75 Å². The van der Waals surface area contributed by atoms with E-state index in [2.05, 4.69) is 111 Å². The predicted octanol–water partition coefficient (Wildman–Crippen LogP) is 3.92. The Hall–Kier alpha value is -1.89. The van der Waals surface area contributed by atoms with Gasteiger partial charge in [0.15, 0.2) is 5.75 Å². The molecule has 0 spiro atoms. The third-order valence-electron chi connectivity index (χ3n) is 6.50. The molecule has 1 aliphatic heterocycles. The second kappa shape index (κ2) is 8.92. The molecule has 1 heterocycles. The summed E-state index contributed by atoms with van der Waals surface area (Å²) in [6.07, 6.45) is 6.86. The van der Waals surface area contributed by atoms with E-state index in [-0.39, 0.29) is 28.6 Å². The van der Waals surface area contributed by atoms with Gasteiger partial charge in [0.05, 0.1) is 0 Å². The zero-order valence-corrected chi connectivity index (χ0v) is 21.2. The minimum Gasteiger partial charge on any atom is -0.481 e. The van der Waals surface area contributed by atoms with Gasteiger partial charge in [-0.2, -0.15) is 0 Å². The first kappa shape index (κ1) is 22.3. The van der Waals surface area contributed by atoms with Crippen molar-refractivity contribution in [3.63, 3.8) is 0 Å². The van der Waals surface area contributed by atoms with Gasteiger partial charge in [0.1, 0.15) is 29.9 Å². The molecular weight excluding hydrogens is 463 g/mol. The minimum atomic E-state index is -1.18. The molecule has 2 aliphatic rings. The van der Waals surface area contributed by atoms with Gasteiger partial charge in [-0.3, -0.25) is 0 Å². The third-order valence-corrected chi connectivity index (χ3v) is 9.89. The summed E-state index contributed by atoms with van der Waals surface area (Å²) in [5.41, 5.74) is 1.35. The zero-order valence-electron chi connectivity index (χ0n) is 17.8. The number of hydrogen-bond donors (Lipinski definition) is 0. The van der Waals surface area contributed by atoms with Gasteiger partial charge in [0.25, 0.3) is 0 Å². The Morgan fingerprint density at radius 3 is 2.06 bits per heavy atom. The van der Waals surface area contributed by atoms with Gasteiger partial charge < -0.3 is 4.74 Å². The molecule has 2 atom stereocenters. The van der Waals surface area contributed by atoms with Crippen LogP contribution in [0.25, 0.3) is 0 Å². The normalized spacial score (nSPS) is 20.7. The number of allylic oxidation sites excluding steroid dienone is 2. The number of hydrogen-bond acceptors (Lipinski definition) is 1. The second-order valence-corrected chi connectivity index (χ2v) is 12.0. The Bertz CT molecular complexity index is 1080. The summed E-state index contributed by atoms with van der Waals surface area (Å²) in [7, 11) is 0.784. The number of para-hydroxylation sites is 1. The summed E-state index contributed by atoms with van der Waals surface area (Å²) in [6, 6.07) is 28.7. The number of benzene rings is 3. The van der Waals surface area contributed by atoms with Gasteiger partial charge in [-0.05, 0) is 30.3 Å². The van der Waals surface area contributed by atoms with E-state index < -0.39 is 7.92 Å². The van der Waals surface area contributed by atoms with E-state index in [9.17, 15) is 0 Å². The van der Waals surface area contributed by atoms with Crippen LogP contribution in [0, 0.1) is 5.92 Å². The van der Waals surface area contributed by atoms with Crippen LogP contribution < -0.4 is 20.7 Å². The Balaban J connectivity index is 0.00000231. The van der Waals surface area contributed by atoms with Crippen molar-refractivity contribution < 1.29 is 21.8 Å². The van der Waals surface area contributed by atoms with Gasteiger partial charge in [-0.25, -0.2) is 0 Å². The number of fused-ring (bicyclic) bond motifs is 2. The monoisotopic (exact) mass is 489 g/mol. The average Bonchev–Trinajstić information content (AvgIpc) is 2.77. The molecular formula is C27H27CuOPSi+. The van der Waals surface area contributed by atoms with Crippen LogP contribution in [0.2, 0.25) is 0 Å². The molecule has 5 rings (SSSR count). The fourth-order valence-corrected chi connectivity index (χ4v) is 8.02. The molecule has 3 aromatic carbocycles. The summed E-state index contributed by atoms with van der Waals surface area (Å²) in [6.45, 7) is 4.75. The van der Waals surface area contributed by atoms with Crippen molar-refractivity contribution in [2.24, 2.45) is 5.92 Å². The molecule has 0 saturated carbocycles. The van der Waals surface area contributed by atoms with E-state index >= 15 is 0 Å². The van der Waals surface area contributed by atoms with Crippen LogP contribution in [0.1, 0.15) is 19.4 Å². The van der Waals surface area contributed by atoms with Crippen LogP contribution in [0.15, 0.2) is 102 Å². The second-order valence-electron chi connectivity index (χ2n) is 8.70. The van der Waals surface area contributed by atoms with Crippen LogP contribution in [-0.2, 0) is 22.5 Å². The summed E-state index contributed by atoms with van der Waals surface area (Å²) in [4.78, 5) is 0. The molecule has 4 heteroatoms. The zero-order chi connectivity index (χ0) is 20.7. The Kier molecular flexibility index (Phi) is 6.42. The molecule has 2 unspecified atom stereocenters. The van der Waals surface area contributed by atoms with Crippen molar-refractivity contribution in [1.82, 2.24) is 0 Å². The third kappa shape index (κ3) is 3.90. The van der Waals surface area contributed by atoms with Crippen molar-refractivity contribution >= 4 is 34.1 Å². The maximum absolute atomic E-state index is 6.85. The number of rotatable bonds is 3. The molecule has 0 aromatic heterocycles. The molecule has 1 aliphatic carbocycles. The standard InChI is InChI=1S/C27H26OPSi.Cu/c1-27(2)21-15-9-17-23(25(21)28-26-22(27)16-10-18-24(26)30)29(19-11-5-3-6-12-19)20-13-7-4-8-14-20;/h3-18,22,26H,30H2,1-2H3;/p+1. The summed E-state index contributed by atoms with van der Waals surface area (Å²) in [5.74, 6) is 1.47. The first-order valence-electron chi connectivity index (χ1n) is 10.6. The van der Waals surface area contributed by atoms with Gasteiger partial charge in [0, 0.05) is 44.2 Å². The molecule has 31 heavy (non-hydrogen) atoms. The van der Waals surface area contributed by atoms with Crippen molar-refractivity contribution in [2.75, 3.05) is 0 Å². The van der Waals surface area contributed by atoms with E-state index in [0.29, 0.717) is 5.92 Å². The predicted molar refractivity (Wildman–Crippen MR) is 133 cm³/mol. The van der Waals surface area contributed by atoms with E-state index in [1.54, 1.807) is 0 Å². The van der Waals surface area contributed by atoms with Crippen molar-refractivity contribution in [3.8, 4) is 5.75 Å². The van der Waals surface area contributed by atoms with E-state index in [1.807, 2.05) is 10.2 Å². The first-order valence-corrected chi connectivity index (χ1v) is 12.8. The summed E-state index contributed by atoms with van der Waals surface area (Å²) in [5, 5.41) is 5.47. The van der Waals surface area contributed by atoms with E-state index in [1.165, 1.54) is 26.7 Å². The molecule has 0 N–H and O–H groups in total. The molecule has 0 saturated heterocycles. The van der Waals surface area contributed by atoms with Gasteiger partial charge in [0.2, 0.25) is 0 Å². The van der Waals surface area contributed by atoms with Gasteiger partial charge in [-0.15, -0.1) is 0 Å². The maximum atomic E-state index is 6.85. The molecule has 1 nitrogen and oxygen atoms in total. The quantitative estimate of drug-likeness (QED) is 0.400. The summed E-state index contributed by atoms with van der Waals surface area (Å²) < 4.78 is 6.85. The smallest absolute Gasteiger partial charge is 0.166 e. The van der Waals surface area contributed by atoms with E-state index in [4.69, 9.17) is 4.74 Å². The molecule has 0 bridgehead atoms. The van der Waals surface area contributed by atoms with Crippen LogP contribution in [0.4, 0.5) is 0 Å². The van der Waals surface area contributed by atoms with Crippen LogP contribution in [0.3, 0.4) is 0 Å². The van der Waals surface area contributed by atoms with Crippen LogP contribution in [-0.4, -0.2) is 16.3 Å². The van der Waals surface area contributed by atoms with Crippen LogP contribution >= 0.6 is 7.92 Å². The average molecular weight is 490 g/mol. The molecule has 160 valence electrons. The van der Waals surface area contributed by atoms with Crippen LogP contribution in [0.5, 0.6) is 5.75 Å². The molecule has 0 fully saturated rings. The summed E-state index contributed by atoms with van der Waals surface area (Å²) >= 11 is 0. The topological polar surface area (TPSA) is 9.23 Å². The van der Waals surface area contributed by atoms with Crippen molar-refractivity contribution in [2.45, 2.75) is 25.4 Å². The molecule has 3 aromatic rings. The fraction of sp³-hybridized carbons (Fsp3) is 0.185. The molecule has 0 amide bonds. The van der Waals surface area contributed by atoms with Crippen molar-refractivity contribution in [3.05, 3.63) is 108 Å². The SMILES string of the molecule is CC1(C)c2cccc([PH+](c3ccccc3)c3ccccc3)c2OC2C([SiH2])=CC=CC21.[Cu]. The Morgan fingerprint density at radius 2 is 1.45 bits per heavy atom. The molecule has 2 radical (unpaired) electrons. The minimum absolute atomic E-state index is 0. The van der Waals surface area contributed by atoms with Gasteiger partial charge in [-0.1, -0.05) is 85.8 Å². The first-order chi connectivity index (χ1) is 14.6. The largest absolute Gasteiger partial charge is 0.481 e. The maximum Gasteiger partial charge on any atom is 0.166 e. The van der Waals surface area contributed by atoms with Gasteiger partial charge >= 0.3 is 0 Å². The van der Waals surface area contributed by atoms with Crippen molar-refractivity contribution in [1.29, 1.82) is 0 Å².